The third kappa shape index (κ3) is 7.49. The van der Waals surface area contributed by atoms with Crippen LogP contribution in [0.15, 0.2) is 53.8 Å². The zero-order chi connectivity index (χ0) is 17.6. The Hall–Kier alpha value is -2.03. The van der Waals surface area contributed by atoms with Crippen LogP contribution < -0.4 is 0 Å². The minimum absolute atomic E-state index is 0.303. The van der Waals surface area contributed by atoms with Gasteiger partial charge in [0.15, 0.2) is 0 Å². The van der Waals surface area contributed by atoms with E-state index in [1.165, 1.54) is 12.8 Å². The molecule has 132 valence electrons. The minimum Gasteiger partial charge on any atom is -0.493 e. The van der Waals surface area contributed by atoms with Gasteiger partial charge in [-0.3, -0.25) is 0 Å². The Morgan fingerprint density at radius 2 is 1.71 bits per heavy atom. The second-order valence-corrected chi connectivity index (χ2v) is 5.56. The first-order valence-electron chi connectivity index (χ1n) is 8.96. The normalized spacial score (nSPS) is 12.1. The van der Waals surface area contributed by atoms with Crippen molar-refractivity contribution in [1.29, 1.82) is 0 Å². The molecule has 0 aliphatic rings. The molecule has 0 atom stereocenters. The monoisotopic (exact) mass is 330 g/mol. The van der Waals surface area contributed by atoms with Crippen LogP contribution in [0.3, 0.4) is 0 Å². The maximum atomic E-state index is 12.4. The first-order valence-corrected chi connectivity index (χ1v) is 8.96. The molecule has 3 nitrogen and oxygen atoms in total. The molecule has 1 aromatic carbocycles. The predicted molar refractivity (Wildman–Crippen MR) is 98.7 cm³/mol. The molecule has 0 N–H and O–H groups in total. The molecule has 0 heterocycles. The van der Waals surface area contributed by atoms with E-state index in [4.69, 9.17) is 9.47 Å². The largest absolute Gasteiger partial charge is 0.493 e. The molecular weight excluding hydrogens is 300 g/mol. The van der Waals surface area contributed by atoms with Crippen LogP contribution in [0.25, 0.3) is 0 Å². The van der Waals surface area contributed by atoms with Crippen LogP contribution in [0.4, 0.5) is 0 Å². The van der Waals surface area contributed by atoms with E-state index in [1.807, 2.05) is 50.3 Å². The molecule has 0 aliphatic carbocycles. The summed E-state index contributed by atoms with van der Waals surface area (Å²) in [6.45, 7) is 6.81. The Morgan fingerprint density at radius 1 is 1.00 bits per heavy atom. The first kappa shape index (κ1) is 20.0. The molecule has 3 heteroatoms. The van der Waals surface area contributed by atoms with Gasteiger partial charge in [-0.2, -0.15) is 0 Å². The van der Waals surface area contributed by atoms with Gasteiger partial charge in [0.05, 0.1) is 18.8 Å². The maximum absolute atomic E-state index is 12.4. The van der Waals surface area contributed by atoms with Gasteiger partial charge in [-0.1, -0.05) is 56.2 Å². The molecule has 0 aliphatic heterocycles. The summed E-state index contributed by atoms with van der Waals surface area (Å²) >= 11 is 0. The number of carbonyl (C=O) groups excluding carboxylic acids is 1. The van der Waals surface area contributed by atoms with Gasteiger partial charge in [-0.25, -0.2) is 4.79 Å². The van der Waals surface area contributed by atoms with Crippen LogP contribution in [0.5, 0.6) is 0 Å². The maximum Gasteiger partial charge on any atom is 0.338 e. The number of esters is 1. The summed E-state index contributed by atoms with van der Waals surface area (Å²) in [7, 11) is 0. The molecule has 0 bridgehead atoms. The number of rotatable bonds is 11. The van der Waals surface area contributed by atoms with Crippen molar-refractivity contribution < 1.29 is 14.3 Å². The van der Waals surface area contributed by atoms with Gasteiger partial charge in [-0.05, 0) is 38.3 Å². The number of hydrogen-bond acceptors (Lipinski definition) is 3. The van der Waals surface area contributed by atoms with Crippen molar-refractivity contribution in [2.75, 3.05) is 13.2 Å². The van der Waals surface area contributed by atoms with Crippen molar-refractivity contribution in [3.8, 4) is 0 Å². The van der Waals surface area contributed by atoms with Crippen molar-refractivity contribution in [1.82, 2.24) is 0 Å². The molecule has 0 saturated heterocycles. The Balaban J connectivity index is 3.01. The average Bonchev–Trinajstić information content (AvgIpc) is 2.60. The standard InChI is InChI=1S/C21H30O3/c1-4-7-8-9-13-16-20(23-5-2)19(21(22)24-6-3)17-18-14-11-10-12-15-18/h10-16H,4-9,17H2,1-3H3/b16-13+,20-19+. The summed E-state index contributed by atoms with van der Waals surface area (Å²) in [6.07, 6.45) is 9.08. The van der Waals surface area contributed by atoms with Crippen LogP contribution in [0.1, 0.15) is 52.0 Å². The van der Waals surface area contributed by atoms with Crippen molar-refractivity contribution in [3.05, 3.63) is 59.4 Å². The van der Waals surface area contributed by atoms with Gasteiger partial charge in [-0.15, -0.1) is 0 Å². The number of ether oxygens (including phenoxy) is 2. The SMILES string of the molecule is CCCCC/C=C/C(OCC)=C(/Cc1ccccc1)C(=O)OCC. The van der Waals surface area contributed by atoms with Gasteiger partial charge >= 0.3 is 5.97 Å². The fourth-order valence-electron chi connectivity index (χ4n) is 2.37. The van der Waals surface area contributed by atoms with Crippen molar-refractivity contribution in [2.24, 2.45) is 0 Å². The summed E-state index contributed by atoms with van der Waals surface area (Å²) in [5, 5.41) is 0. The number of unbranched alkanes of at least 4 members (excludes halogenated alkanes) is 3. The Kier molecular flexibility index (Phi) is 10.3. The molecular formula is C21H30O3. The van der Waals surface area contributed by atoms with Gasteiger partial charge in [0.2, 0.25) is 0 Å². The molecule has 0 unspecified atom stereocenters. The second kappa shape index (κ2) is 12.4. The lowest BCUT2D eigenvalue weighted by atomic mass is 10.0. The fourth-order valence-corrected chi connectivity index (χ4v) is 2.37. The van der Waals surface area contributed by atoms with E-state index in [0.717, 1.165) is 18.4 Å². The summed E-state index contributed by atoms with van der Waals surface area (Å²) in [5.41, 5.74) is 1.65. The van der Waals surface area contributed by atoms with E-state index in [0.29, 0.717) is 31.0 Å². The number of allylic oxidation sites excluding steroid dienone is 2. The van der Waals surface area contributed by atoms with Gasteiger partial charge in [0.25, 0.3) is 0 Å². The highest BCUT2D eigenvalue weighted by molar-refractivity contribution is 5.90. The molecule has 1 aromatic rings. The summed E-state index contributed by atoms with van der Waals surface area (Å²) in [4.78, 5) is 12.4. The topological polar surface area (TPSA) is 35.5 Å². The van der Waals surface area contributed by atoms with Crippen LogP contribution in [-0.2, 0) is 20.7 Å². The third-order valence-electron chi connectivity index (χ3n) is 3.59. The third-order valence-corrected chi connectivity index (χ3v) is 3.59. The fraction of sp³-hybridized carbons (Fsp3) is 0.476. The predicted octanol–water partition coefficient (Wildman–Crippen LogP) is 5.22. The highest BCUT2D eigenvalue weighted by Gasteiger charge is 2.17. The van der Waals surface area contributed by atoms with Gasteiger partial charge in [0.1, 0.15) is 5.76 Å². The highest BCUT2D eigenvalue weighted by Crippen LogP contribution is 2.17. The highest BCUT2D eigenvalue weighted by atomic mass is 16.5. The lowest BCUT2D eigenvalue weighted by Gasteiger charge is -2.13. The number of carbonyl (C=O) groups is 1. The zero-order valence-corrected chi connectivity index (χ0v) is 15.2. The Labute approximate surface area is 146 Å². The zero-order valence-electron chi connectivity index (χ0n) is 15.2. The van der Waals surface area contributed by atoms with E-state index >= 15 is 0 Å². The van der Waals surface area contributed by atoms with Crippen molar-refractivity contribution in [3.63, 3.8) is 0 Å². The van der Waals surface area contributed by atoms with Crippen LogP contribution in [0.2, 0.25) is 0 Å². The van der Waals surface area contributed by atoms with E-state index in [9.17, 15) is 4.79 Å². The van der Waals surface area contributed by atoms with Crippen molar-refractivity contribution >= 4 is 5.97 Å². The molecule has 0 spiro atoms. The van der Waals surface area contributed by atoms with E-state index < -0.39 is 0 Å². The second-order valence-electron chi connectivity index (χ2n) is 5.56. The molecule has 0 aromatic heterocycles. The molecule has 0 amide bonds. The van der Waals surface area contributed by atoms with Crippen LogP contribution in [0, 0.1) is 0 Å². The Bertz CT molecular complexity index is 529. The molecule has 0 saturated carbocycles. The van der Waals surface area contributed by atoms with Crippen LogP contribution >= 0.6 is 0 Å². The number of benzene rings is 1. The summed E-state index contributed by atoms with van der Waals surface area (Å²) in [5.74, 6) is 0.319. The lowest BCUT2D eigenvalue weighted by molar-refractivity contribution is -0.138. The van der Waals surface area contributed by atoms with Crippen molar-refractivity contribution in [2.45, 2.75) is 52.9 Å². The van der Waals surface area contributed by atoms with Gasteiger partial charge < -0.3 is 9.47 Å². The minimum atomic E-state index is -0.303. The molecule has 0 radical (unpaired) electrons. The van der Waals surface area contributed by atoms with E-state index in [1.54, 1.807) is 0 Å². The molecule has 24 heavy (non-hydrogen) atoms. The van der Waals surface area contributed by atoms with Crippen LogP contribution in [-0.4, -0.2) is 19.2 Å². The average molecular weight is 330 g/mol. The first-order chi connectivity index (χ1) is 11.7. The lowest BCUT2D eigenvalue weighted by Crippen LogP contribution is -2.13. The summed E-state index contributed by atoms with van der Waals surface area (Å²) in [6, 6.07) is 9.92. The van der Waals surface area contributed by atoms with Gasteiger partial charge in [0, 0.05) is 6.42 Å². The number of hydrogen-bond donors (Lipinski definition) is 0. The Morgan fingerprint density at radius 3 is 2.33 bits per heavy atom. The van der Waals surface area contributed by atoms with E-state index in [-0.39, 0.29) is 5.97 Å². The molecule has 1 rings (SSSR count). The molecule has 0 fully saturated rings. The summed E-state index contributed by atoms with van der Waals surface area (Å²) < 4.78 is 11.0. The quantitative estimate of drug-likeness (QED) is 0.183. The van der Waals surface area contributed by atoms with E-state index in [2.05, 4.69) is 13.0 Å². The smallest absolute Gasteiger partial charge is 0.338 e.